The van der Waals surface area contributed by atoms with Gasteiger partial charge >= 0.3 is 0 Å². The Kier molecular flexibility index (Phi) is 3.49. The second-order valence-electron chi connectivity index (χ2n) is 4.77. The highest BCUT2D eigenvalue weighted by atomic mass is 15.4. The van der Waals surface area contributed by atoms with Gasteiger partial charge in [-0.05, 0) is 25.3 Å². The molecule has 1 aromatic heterocycles. The Morgan fingerprint density at radius 1 is 1.53 bits per heavy atom. The summed E-state index contributed by atoms with van der Waals surface area (Å²) < 4.78 is 1.87. The van der Waals surface area contributed by atoms with Crippen LogP contribution in [0.5, 0.6) is 0 Å². The van der Waals surface area contributed by atoms with Crippen LogP contribution < -0.4 is 11.2 Å². The number of nitrogens with one attached hydrogen (secondary N) is 1. The summed E-state index contributed by atoms with van der Waals surface area (Å²) in [5.41, 5.74) is 1.94. The van der Waals surface area contributed by atoms with Gasteiger partial charge < -0.3 is 5.32 Å². The number of aromatic nitrogens is 2. The third-order valence-electron chi connectivity index (χ3n) is 3.20. The molecule has 0 spiro atoms. The monoisotopic (exact) mass is 235 g/mol. The van der Waals surface area contributed by atoms with Gasteiger partial charge in [0.25, 0.3) is 0 Å². The summed E-state index contributed by atoms with van der Waals surface area (Å²) in [6.45, 7) is 7.78. The lowest BCUT2D eigenvalue weighted by atomic mass is 10.1. The van der Waals surface area contributed by atoms with Crippen molar-refractivity contribution >= 4 is 11.4 Å². The summed E-state index contributed by atoms with van der Waals surface area (Å²) in [5, 5.41) is 9.81. The average molecular weight is 235 g/mol. The first-order valence-electron chi connectivity index (χ1n) is 6.02. The van der Waals surface area contributed by atoms with Crippen molar-refractivity contribution in [1.29, 1.82) is 0 Å². The predicted octanol–water partition coefficient (Wildman–Crippen LogP) is 1.20. The Balaban J connectivity index is 2.01. The molecule has 3 N–H and O–H groups in total. The summed E-state index contributed by atoms with van der Waals surface area (Å²) in [5.74, 6) is 6.79. The number of hydrazine groups is 1. The van der Waals surface area contributed by atoms with E-state index in [0.717, 1.165) is 43.0 Å². The predicted molar refractivity (Wildman–Crippen MR) is 70.3 cm³/mol. The normalized spacial score (nSPS) is 18.3. The van der Waals surface area contributed by atoms with Gasteiger partial charge in [-0.15, -0.1) is 0 Å². The van der Waals surface area contributed by atoms with E-state index in [9.17, 15) is 0 Å². The molecule has 1 aliphatic rings. The Hall–Kier alpha value is -1.33. The lowest BCUT2D eigenvalue weighted by Gasteiger charge is -2.29. The van der Waals surface area contributed by atoms with E-state index >= 15 is 0 Å². The quantitative estimate of drug-likeness (QED) is 0.773. The first-order chi connectivity index (χ1) is 8.06. The molecule has 2 rings (SSSR count). The molecular weight excluding hydrogens is 214 g/mol. The number of piperidine rings is 1. The number of hydrogen-bond donors (Lipinski definition) is 2. The summed E-state index contributed by atoms with van der Waals surface area (Å²) in [6, 6.07) is 2.54. The Labute approximate surface area is 102 Å². The van der Waals surface area contributed by atoms with Crippen molar-refractivity contribution in [2.24, 2.45) is 12.9 Å². The van der Waals surface area contributed by atoms with Crippen molar-refractivity contribution in [1.82, 2.24) is 14.8 Å². The third kappa shape index (κ3) is 2.87. The van der Waals surface area contributed by atoms with Crippen molar-refractivity contribution in [3.63, 3.8) is 0 Å². The number of nitrogens with two attached hydrogens (primary N) is 1. The standard InChI is InChI=1S/C12H21N5/c1-9(2)11-8-12(16(3)15-11)14-10-4-6-17(13)7-5-10/h8,10,14H,1,4-7,13H2,2-3H3. The molecule has 0 bridgehead atoms. The summed E-state index contributed by atoms with van der Waals surface area (Å²) in [6.07, 6.45) is 2.15. The number of allylic oxidation sites excluding steroid dienone is 1. The molecule has 0 amide bonds. The van der Waals surface area contributed by atoms with Gasteiger partial charge in [0.2, 0.25) is 0 Å². The van der Waals surface area contributed by atoms with Crippen molar-refractivity contribution in [3.8, 4) is 0 Å². The molecule has 17 heavy (non-hydrogen) atoms. The van der Waals surface area contributed by atoms with Gasteiger partial charge in [-0.2, -0.15) is 5.10 Å². The van der Waals surface area contributed by atoms with E-state index in [0.29, 0.717) is 6.04 Å². The second kappa shape index (κ2) is 4.89. The zero-order valence-corrected chi connectivity index (χ0v) is 10.6. The first-order valence-corrected chi connectivity index (χ1v) is 6.02. The molecule has 5 heteroatoms. The van der Waals surface area contributed by atoms with Gasteiger partial charge in [0, 0.05) is 32.2 Å². The van der Waals surface area contributed by atoms with Crippen molar-refractivity contribution in [2.75, 3.05) is 18.4 Å². The lowest BCUT2D eigenvalue weighted by molar-refractivity contribution is 0.224. The summed E-state index contributed by atoms with van der Waals surface area (Å²) in [7, 11) is 1.95. The van der Waals surface area contributed by atoms with Gasteiger partial charge in [0.1, 0.15) is 5.82 Å². The zero-order chi connectivity index (χ0) is 12.4. The van der Waals surface area contributed by atoms with E-state index in [-0.39, 0.29) is 0 Å². The third-order valence-corrected chi connectivity index (χ3v) is 3.20. The number of hydrogen-bond acceptors (Lipinski definition) is 4. The summed E-state index contributed by atoms with van der Waals surface area (Å²) in [4.78, 5) is 0. The number of nitrogens with zero attached hydrogens (tertiary/aromatic N) is 3. The van der Waals surface area contributed by atoms with Crippen LogP contribution in [0.4, 0.5) is 5.82 Å². The van der Waals surface area contributed by atoms with Crippen LogP contribution in [0.1, 0.15) is 25.5 Å². The summed E-state index contributed by atoms with van der Waals surface area (Å²) >= 11 is 0. The van der Waals surface area contributed by atoms with Crippen LogP contribution in [-0.2, 0) is 7.05 Å². The molecule has 5 nitrogen and oxygen atoms in total. The number of aryl methyl sites for hydroxylation is 1. The molecule has 0 radical (unpaired) electrons. The van der Waals surface area contributed by atoms with E-state index < -0.39 is 0 Å². The highest BCUT2D eigenvalue weighted by molar-refractivity contribution is 5.61. The highest BCUT2D eigenvalue weighted by Gasteiger charge is 2.18. The van der Waals surface area contributed by atoms with Gasteiger partial charge in [-0.3, -0.25) is 10.5 Å². The van der Waals surface area contributed by atoms with Crippen molar-refractivity contribution in [3.05, 3.63) is 18.3 Å². The second-order valence-corrected chi connectivity index (χ2v) is 4.77. The molecule has 0 saturated carbocycles. The van der Waals surface area contributed by atoms with Gasteiger partial charge in [0.05, 0.1) is 5.69 Å². The van der Waals surface area contributed by atoms with Crippen LogP contribution in [0.15, 0.2) is 12.6 Å². The molecule has 1 aromatic rings. The maximum Gasteiger partial charge on any atom is 0.124 e. The molecule has 0 aromatic carbocycles. The van der Waals surface area contributed by atoms with Crippen LogP contribution in [-0.4, -0.2) is 33.9 Å². The minimum absolute atomic E-state index is 0.489. The molecule has 94 valence electrons. The average Bonchev–Trinajstić information content (AvgIpc) is 2.64. The largest absolute Gasteiger partial charge is 0.367 e. The minimum atomic E-state index is 0.489. The molecule has 0 atom stereocenters. The molecule has 0 aliphatic carbocycles. The van der Waals surface area contributed by atoms with Crippen LogP contribution >= 0.6 is 0 Å². The molecule has 2 heterocycles. The number of anilines is 1. The molecule has 0 unspecified atom stereocenters. The topological polar surface area (TPSA) is 59.1 Å². The first kappa shape index (κ1) is 12.1. The molecule has 1 aliphatic heterocycles. The van der Waals surface area contributed by atoms with Gasteiger partial charge in [-0.1, -0.05) is 6.58 Å². The van der Waals surface area contributed by atoms with Crippen molar-refractivity contribution < 1.29 is 0 Å². The van der Waals surface area contributed by atoms with Gasteiger partial charge in [-0.25, -0.2) is 5.01 Å². The molecular formula is C12H21N5. The Morgan fingerprint density at radius 2 is 2.18 bits per heavy atom. The van der Waals surface area contributed by atoms with E-state index in [1.54, 1.807) is 0 Å². The van der Waals surface area contributed by atoms with Crippen molar-refractivity contribution in [2.45, 2.75) is 25.8 Å². The van der Waals surface area contributed by atoms with Crippen LogP contribution in [0.2, 0.25) is 0 Å². The SMILES string of the molecule is C=C(C)c1cc(NC2CCN(N)CC2)n(C)n1. The van der Waals surface area contributed by atoms with E-state index in [1.165, 1.54) is 0 Å². The fourth-order valence-corrected chi connectivity index (χ4v) is 2.06. The van der Waals surface area contributed by atoms with Crippen LogP contribution in [0.25, 0.3) is 5.57 Å². The van der Waals surface area contributed by atoms with E-state index in [1.807, 2.05) is 23.7 Å². The fourth-order valence-electron chi connectivity index (χ4n) is 2.06. The van der Waals surface area contributed by atoms with Crippen LogP contribution in [0.3, 0.4) is 0 Å². The number of rotatable bonds is 3. The highest BCUT2D eigenvalue weighted by Crippen LogP contribution is 2.18. The lowest BCUT2D eigenvalue weighted by Crippen LogP contribution is -2.43. The fraction of sp³-hybridized carbons (Fsp3) is 0.583. The Bertz CT molecular complexity index is 401. The smallest absolute Gasteiger partial charge is 0.124 e. The van der Waals surface area contributed by atoms with E-state index in [4.69, 9.17) is 5.84 Å². The van der Waals surface area contributed by atoms with Gasteiger partial charge in [0.15, 0.2) is 0 Å². The molecule has 1 saturated heterocycles. The maximum atomic E-state index is 5.74. The Morgan fingerprint density at radius 3 is 2.71 bits per heavy atom. The zero-order valence-electron chi connectivity index (χ0n) is 10.6. The maximum absolute atomic E-state index is 5.74. The van der Waals surface area contributed by atoms with E-state index in [2.05, 4.69) is 23.1 Å². The molecule has 1 fully saturated rings. The minimum Gasteiger partial charge on any atom is -0.367 e. The van der Waals surface area contributed by atoms with Crippen LogP contribution in [0, 0.1) is 0 Å².